The van der Waals surface area contributed by atoms with E-state index in [1.807, 2.05) is 0 Å². The molecule has 2 rings (SSSR count). The van der Waals surface area contributed by atoms with Gasteiger partial charge in [-0.1, -0.05) is 19.3 Å². The van der Waals surface area contributed by atoms with E-state index in [0.29, 0.717) is 12.8 Å². The molecule has 0 spiro atoms. The molecule has 0 saturated heterocycles. The summed E-state index contributed by atoms with van der Waals surface area (Å²) in [6, 6.07) is -0.278. The third-order valence-corrected chi connectivity index (χ3v) is 3.61. The van der Waals surface area contributed by atoms with Crippen molar-refractivity contribution in [3.63, 3.8) is 0 Å². The van der Waals surface area contributed by atoms with Crippen LogP contribution >= 0.6 is 0 Å². The molecular weight excluding hydrogens is 274 g/mol. The van der Waals surface area contributed by atoms with Gasteiger partial charge in [-0.15, -0.1) is 0 Å². The van der Waals surface area contributed by atoms with Crippen molar-refractivity contribution in [1.29, 1.82) is 0 Å². The van der Waals surface area contributed by atoms with Crippen LogP contribution in [-0.4, -0.2) is 11.9 Å². The van der Waals surface area contributed by atoms with Crippen LogP contribution < -0.4 is 4.90 Å². The summed E-state index contributed by atoms with van der Waals surface area (Å²) in [5.74, 6) is -6.67. The highest BCUT2D eigenvalue weighted by molar-refractivity contribution is 5.92. The minimum atomic E-state index is -1.52. The molecule has 0 unspecified atom stereocenters. The Hall–Kier alpha value is -1.59. The van der Waals surface area contributed by atoms with E-state index in [-0.39, 0.29) is 6.07 Å². The zero-order valence-corrected chi connectivity index (χ0v) is 11.1. The fraction of sp³-hybridized carbons (Fsp3) is 0.500. The lowest BCUT2D eigenvalue weighted by atomic mass is 9.93. The summed E-state index contributed by atoms with van der Waals surface area (Å²) in [6.07, 6.45) is 3.74. The number of halogens is 4. The van der Waals surface area contributed by atoms with Gasteiger partial charge in [-0.3, -0.25) is 4.79 Å². The Bertz CT molecular complexity index is 500. The van der Waals surface area contributed by atoms with Crippen LogP contribution in [0.4, 0.5) is 23.2 Å². The fourth-order valence-corrected chi connectivity index (χ4v) is 2.71. The lowest BCUT2D eigenvalue weighted by molar-refractivity contribution is -0.117. The number of hydrogen-bond acceptors (Lipinski definition) is 1. The van der Waals surface area contributed by atoms with Crippen molar-refractivity contribution in [2.24, 2.45) is 0 Å². The third kappa shape index (κ3) is 2.64. The first-order valence-electron chi connectivity index (χ1n) is 6.56. The minimum Gasteiger partial charge on any atom is -0.304 e. The summed E-state index contributed by atoms with van der Waals surface area (Å²) in [5.41, 5.74) is -0.915. The second kappa shape index (κ2) is 5.81. The Morgan fingerprint density at radius 2 is 1.55 bits per heavy atom. The molecule has 0 N–H and O–H groups in total. The topological polar surface area (TPSA) is 20.3 Å². The van der Waals surface area contributed by atoms with E-state index >= 15 is 0 Å². The zero-order valence-electron chi connectivity index (χ0n) is 11.1. The molecule has 0 heterocycles. The standard InChI is InChI=1S/C14H15F4NO/c1-8(20)19(9-5-3-2-4-6-9)14-12(17)10(15)7-11(16)13(14)18/h7,9H,2-6H2,1H3. The number of anilines is 1. The molecule has 1 saturated carbocycles. The molecule has 0 aromatic heterocycles. The highest BCUT2D eigenvalue weighted by Gasteiger charge is 2.32. The maximum Gasteiger partial charge on any atom is 0.224 e. The van der Waals surface area contributed by atoms with Gasteiger partial charge in [-0.2, -0.15) is 0 Å². The van der Waals surface area contributed by atoms with Crippen molar-refractivity contribution in [3.05, 3.63) is 29.3 Å². The van der Waals surface area contributed by atoms with E-state index in [2.05, 4.69) is 0 Å². The maximum absolute atomic E-state index is 13.8. The van der Waals surface area contributed by atoms with Crippen LogP contribution in [0, 0.1) is 23.3 Å². The summed E-state index contributed by atoms with van der Waals surface area (Å²) in [5, 5.41) is 0. The molecule has 0 bridgehead atoms. The normalized spacial score (nSPS) is 16.2. The van der Waals surface area contributed by atoms with Gasteiger partial charge in [0.15, 0.2) is 23.3 Å². The molecule has 1 aliphatic carbocycles. The number of nitrogens with zero attached hydrogens (tertiary/aromatic N) is 1. The highest BCUT2D eigenvalue weighted by Crippen LogP contribution is 2.33. The predicted molar refractivity (Wildman–Crippen MR) is 66.3 cm³/mol. The van der Waals surface area contributed by atoms with E-state index in [1.165, 1.54) is 0 Å². The molecule has 0 aliphatic heterocycles. The van der Waals surface area contributed by atoms with Crippen molar-refractivity contribution in [3.8, 4) is 0 Å². The molecule has 1 aromatic carbocycles. The molecule has 0 atom stereocenters. The average Bonchev–Trinajstić information content (AvgIpc) is 2.42. The summed E-state index contributed by atoms with van der Waals surface area (Å²) < 4.78 is 54.2. The number of amides is 1. The fourth-order valence-electron chi connectivity index (χ4n) is 2.71. The number of hydrogen-bond donors (Lipinski definition) is 0. The second-order valence-electron chi connectivity index (χ2n) is 5.00. The van der Waals surface area contributed by atoms with E-state index in [0.717, 1.165) is 31.1 Å². The van der Waals surface area contributed by atoms with Crippen molar-refractivity contribution in [2.75, 3.05) is 4.90 Å². The van der Waals surface area contributed by atoms with Crippen LogP contribution in [0.1, 0.15) is 39.0 Å². The average molecular weight is 289 g/mol. The summed E-state index contributed by atoms with van der Waals surface area (Å²) in [4.78, 5) is 12.6. The quantitative estimate of drug-likeness (QED) is 0.596. The highest BCUT2D eigenvalue weighted by atomic mass is 19.2. The maximum atomic E-state index is 13.8. The van der Waals surface area contributed by atoms with Crippen molar-refractivity contribution in [2.45, 2.75) is 45.1 Å². The van der Waals surface area contributed by atoms with Crippen LogP contribution in [0.25, 0.3) is 0 Å². The van der Waals surface area contributed by atoms with Gasteiger partial charge < -0.3 is 4.90 Å². The van der Waals surface area contributed by atoms with Gasteiger partial charge >= 0.3 is 0 Å². The van der Waals surface area contributed by atoms with Crippen molar-refractivity contribution in [1.82, 2.24) is 0 Å². The smallest absolute Gasteiger partial charge is 0.224 e. The van der Waals surface area contributed by atoms with E-state index in [9.17, 15) is 22.4 Å². The lowest BCUT2D eigenvalue weighted by Crippen LogP contribution is -2.41. The summed E-state index contributed by atoms with van der Waals surface area (Å²) in [6.45, 7) is 1.14. The van der Waals surface area contributed by atoms with Gasteiger partial charge in [-0.05, 0) is 12.8 Å². The molecule has 1 amide bonds. The molecule has 1 fully saturated rings. The van der Waals surface area contributed by atoms with Crippen molar-refractivity contribution >= 4 is 11.6 Å². The Morgan fingerprint density at radius 3 is 2.00 bits per heavy atom. The van der Waals surface area contributed by atoms with E-state index in [4.69, 9.17) is 0 Å². The zero-order chi connectivity index (χ0) is 14.9. The Morgan fingerprint density at radius 1 is 1.05 bits per heavy atom. The largest absolute Gasteiger partial charge is 0.304 e. The molecular formula is C14H15F4NO. The first-order valence-corrected chi connectivity index (χ1v) is 6.56. The lowest BCUT2D eigenvalue weighted by Gasteiger charge is -2.34. The van der Waals surface area contributed by atoms with Gasteiger partial charge in [-0.25, -0.2) is 17.6 Å². The van der Waals surface area contributed by atoms with Gasteiger partial charge in [0.1, 0.15) is 5.69 Å². The van der Waals surface area contributed by atoms with Crippen LogP contribution in [0.15, 0.2) is 6.07 Å². The molecule has 0 radical (unpaired) electrons. The number of rotatable bonds is 2. The third-order valence-electron chi connectivity index (χ3n) is 3.61. The van der Waals surface area contributed by atoms with Crippen LogP contribution in [0.5, 0.6) is 0 Å². The summed E-state index contributed by atoms with van der Waals surface area (Å²) >= 11 is 0. The number of carbonyl (C=O) groups excluding carboxylic acids is 1. The molecule has 1 aromatic rings. The first kappa shape index (κ1) is 14.8. The number of benzene rings is 1. The van der Waals surface area contributed by atoms with Crippen LogP contribution in [-0.2, 0) is 4.79 Å². The number of carbonyl (C=O) groups is 1. The monoisotopic (exact) mass is 289 g/mol. The molecule has 6 heteroatoms. The molecule has 2 nitrogen and oxygen atoms in total. The Kier molecular flexibility index (Phi) is 4.30. The minimum absolute atomic E-state index is 0.146. The summed E-state index contributed by atoms with van der Waals surface area (Å²) in [7, 11) is 0. The molecule has 20 heavy (non-hydrogen) atoms. The first-order chi connectivity index (χ1) is 9.43. The SMILES string of the molecule is CC(=O)N(c1c(F)c(F)cc(F)c1F)C1CCCCC1. The van der Waals surface area contributed by atoms with E-state index in [1.54, 1.807) is 0 Å². The van der Waals surface area contributed by atoms with Crippen LogP contribution in [0.2, 0.25) is 0 Å². The van der Waals surface area contributed by atoms with Gasteiger partial charge in [0.25, 0.3) is 0 Å². The second-order valence-corrected chi connectivity index (χ2v) is 5.00. The molecule has 1 aliphatic rings. The Labute approximate surface area is 114 Å². The Balaban J connectivity index is 2.51. The van der Waals surface area contributed by atoms with Crippen LogP contribution in [0.3, 0.4) is 0 Å². The van der Waals surface area contributed by atoms with Gasteiger partial charge in [0.2, 0.25) is 5.91 Å². The predicted octanol–water partition coefficient (Wildman–Crippen LogP) is 3.93. The van der Waals surface area contributed by atoms with Gasteiger partial charge in [0, 0.05) is 19.0 Å². The molecule has 110 valence electrons. The van der Waals surface area contributed by atoms with Gasteiger partial charge in [0.05, 0.1) is 0 Å². The van der Waals surface area contributed by atoms with Crippen molar-refractivity contribution < 1.29 is 22.4 Å². The van der Waals surface area contributed by atoms with E-state index < -0.39 is 40.9 Å².